The van der Waals surface area contributed by atoms with Crippen LogP contribution < -0.4 is 0 Å². The van der Waals surface area contributed by atoms with Crippen molar-refractivity contribution < 1.29 is 5.11 Å². The molecule has 0 amide bonds. The van der Waals surface area contributed by atoms with Gasteiger partial charge in [-0.15, -0.1) is 0 Å². The van der Waals surface area contributed by atoms with Gasteiger partial charge in [-0.25, -0.2) is 0 Å². The first-order valence-electron chi connectivity index (χ1n) is 8.68. The summed E-state index contributed by atoms with van der Waals surface area (Å²) in [6.07, 6.45) is 7.26. The van der Waals surface area contributed by atoms with Gasteiger partial charge in [-0.2, -0.15) is 0 Å². The third kappa shape index (κ3) is 1190. The minimum atomic E-state index is 0.319. The van der Waals surface area contributed by atoms with Crippen molar-refractivity contribution in [3.8, 4) is 0 Å². The monoisotopic (exact) mass is 280 g/mol. The van der Waals surface area contributed by atoms with Crippen LogP contribution in [0.2, 0.25) is 0 Å². The van der Waals surface area contributed by atoms with Crippen LogP contribution in [-0.4, -0.2) is 11.7 Å². The smallest absolute Gasteiger partial charge is 0.0428 e. The summed E-state index contributed by atoms with van der Waals surface area (Å²) in [7, 11) is 0. The van der Waals surface area contributed by atoms with Gasteiger partial charge in [-0.1, -0.05) is 108 Å². The van der Waals surface area contributed by atoms with Crippen LogP contribution in [0.3, 0.4) is 0 Å². The van der Waals surface area contributed by atoms with Crippen LogP contribution in [0.5, 0.6) is 0 Å². The minimum Gasteiger partial charge on any atom is -0.396 e. The van der Waals surface area contributed by atoms with Crippen molar-refractivity contribution in [1.29, 1.82) is 0 Å². The average molecular weight is 281 g/mol. The lowest BCUT2D eigenvalue weighted by atomic mass is 10.4. The largest absolute Gasteiger partial charge is 0.396 e. The van der Waals surface area contributed by atoms with Crippen molar-refractivity contribution in [3.63, 3.8) is 0 Å². The van der Waals surface area contributed by atoms with Crippen LogP contribution in [0.1, 0.15) is 115 Å². The van der Waals surface area contributed by atoms with E-state index < -0.39 is 0 Å². The standard InChI is InChI=1S/C4H10.C3H8O.3C3H8.C2H6/c1-3-4-2;1-2-3-4;3*1-3-2;1-2/h3-4H2,1-2H3;4H,2-3H2,1H3;3*3H2,1-2H3;1-2H3. The number of rotatable bonds is 2. The van der Waals surface area contributed by atoms with Gasteiger partial charge >= 0.3 is 0 Å². The minimum absolute atomic E-state index is 0.319. The van der Waals surface area contributed by atoms with E-state index >= 15 is 0 Å². The Hall–Kier alpha value is -0.0400. The second-order valence-corrected chi connectivity index (χ2v) is 3.84. The molecule has 0 bridgehead atoms. The van der Waals surface area contributed by atoms with E-state index in [1.807, 2.05) is 20.8 Å². The normalized spacial score (nSPS) is 6.32. The van der Waals surface area contributed by atoms with E-state index in [0.29, 0.717) is 6.61 Å². The molecule has 0 rings (SSSR count). The molecule has 0 aromatic heterocycles. The Morgan fingerprint density at radius 1 is 0.474 bits per heavy atom. The summed E-state index contributed by atoms with van der Waals surface area (Å²) in [6.45, 7) is 23.4. The topological polar surface area (TPSA) is 20.2 Å². The number of hydrogen-bond donors (Lipinski definition) is 1. The lowest BCUT2D eigenvalue weighted by molar-refractivity contribution is 0.295. The fourth-order valence-corrected chi connectivity index (χ4v) is 0. The van der Waals surface area contributed by atoms with Gasteiger partial charge in [-0.05, 0) is 6.42 Å². The van der Waals surface area contributed by atoms with Gasteiger partial charge in [0.15, 0.2) is 0 Å². The summed E-state index contributed by atoms with van der Waals surface area (Å²) in [4.78, 5) is 0. The van der Waals surface area contributed by atoms with Gasteiger partial charge < -0.3 is 5.11 Å². The third-order valence-electron chi connectivity index (χ3n) is 0.724. The zero-order valence-electron chi connectivity index (χ0n) is 16.4. The molecule has 0 atom stereocenters. The second-order valence-electron chi connectivity index (χ2n) is 3.84. The Kier molecular flexibility index (Phi) is 204. The molecule has 0 unspecified atom stereocenters. The first kappa shape index (κ1) is 36.4. The van der Waals surface area contributed by atoms with E-state index in [0.717, 1.165) is 6.42 Å². The summed E-state index contributed by atoms with van der Waals surface area (Å²) in [5, 5.41) is 7.88. The number of hydrogen-bond acceptors (Lipinski definition) is 1. The number of unbranched alkanes of at least 4 members (excludes halogenated alkanes) is 1. The van der Waals surface area contributed by atoms with Gasteiger partial charge in [0.2, 0.25) is 0 Å². The molecular formula is C18H48O. The lowest BCUT2D eigenvalue weighted by Crippen LogP contribution is -1.69. The molecule has 126 valence electrons. The van der Waals surface area contributed by atoms with Crippen molar-refractivity contribution in [2.45, 2.75) is 115 Å². The molecule has 0 aromatic rings. The molecule has 1 N–H and O–H groups in total. The Labute approximate surface area is 127 Å². The maximum absolute atomic E-state index is 7.88. The summed E-state index contributed by atoms with van der Waals surface area (Å²) in [6, 6.07) is 0. The van der Waals surface area contributed by atoms with Crippen LogP contribution in [0.15, 0.2) is 0 Å². The Morgan fingerprint density at radius 2 is 0.579 bits per heavy atom. The fraction of sp³-hybridized carbons (Fsp3) is 1.00. The number of aliphatic hydroxyl groups is 1. The molecule has 1 nitrogen and oxygen atoms in total. The predicted molar refractivity (Wildman–Crippen MR) is 97.2 cm³/mol. The van der Waals surface area contributed by atoms with Gasteiger partial charge in [0, 0.05) is 6.61 Å². The molecule has 0 aliphatic heterocycles. The fourth-order valence-electron chi connectivity index (χ4n) is 0. The third-order valence-corrected chi connectivity index (χ3v) is 0.724. The molecule has 1 heteroatoms. The zero-order valence-corrected chi connectivity index (χ0v) is 16.4. The molecule has 0 aliphatic rings. The zero-order chi connectivity index (χ0) is 16.9. The molecule has 0 saturated heterocycles. The molecule has 0 radical (unpaired) electrons. The summed E-state index contributed by atoms with van der Waals surface area (Å²) in [5.41, 5.74) is 0. The molecule has 19 heavy (non-hydrogen) atoms. The Balaban J connectivity index is -0.0000000271. The molecular weight excluding hydrogens is 232 g/mol. The molecule has 0 saturated carbocycles. The highest BCUT2D eigenvalue weighted by Gasteiger charge is 1.57. The van der Waals surface area contributed by atoms with Gasteiger partial charge in [0.25, 0.3) is 0 Å². The maximum Gasteiger partial charge on any atom is 0.0428 e. The quantitative estimate of drug-likeness (QED) is 0.556. The summed E-state index contributed by atoms with van der Waals surface area (Å²) in [5.74, 6) is 0. The summed E-state index contributed by atoms with van der Waals surface area (Å²) < 4.78 is 0. The first-order valence-corrected chi connectivity index (χ1v) is 8.68. The van der Waals surface area contributed by atoms with E-state index in [-0.39, 0.29) is 0 Å². The van der Waals surface area contributed by atoms with Crippen LogP contribution in [-0.2, 0) is 0 Å². The average Bonchev–Trinajstić information content (AvgIpc) is 2.43. The Bertz CT molecular complexity index is 32.2. The first-order chi connectivity index (χ1) is 9.07. The van der Waals surface area contributed by atoms with E-state index in [1.54, 1.807) is 0 Å². The van der Waals surface area contributed by atoms with Gasteiger partial charge in [0.1, 0.15) is 0 Å². The highest BCUT2D eigenvalue weighted by Crippen LogP contribution is 1.76. The highest BCUT2D eigenvalue weighted by molar-refractivity contribution is 4.12. The lowest BCUT2D eigenvalue weighted by Gasteiger charge is -1.69. The van der Waals surface area contributed by atoms with Crippen molar-refractivity contribution in [2.75, 3.05) is 6.61 Å². The van der Waals surface area contributed by atoms with Crippen molar-refractivity contribution in [3.05, 3.63) is 0 Å². The molecule has 0 aromatic carbocycles. The molecule has 0 fully saturated rings. The van der Waals surface area contributed by atoms with Gasteiger partial charge in [0.05, 0.1) is 0 Å². The predicted octanol–water partition coefficient (Wildman–Crippen LogP) is 7.47. The van der Waals surface area contributed by atoms with Crippen LogP contribution in [0.4, 0.5) is 0 Å². The Morgan fingerprint density at radius 3 is 0.579 bits per heavy atom. The van der Waals surface area contributed by atoms with E-state index in [4.69, 9.17) is 5.11 Å². The maximum atomic E-state index is 7.88. The highest BCUT2D eigenvalue weighted by atomic mass is 16.2. The van der Waals surface area contributed by atoms with E-state index in [1.165, 1.54) is 32.1 Å². The molecule has 0 heterocycles. The van der Waals surface area contributed by atoms with E-state index in [2.05, 4.69) is 55.4 Å². The van der Waals surface area contributed by atoms with Crippen LogP contribution in [0, 0.1) is 0 Å². The number of aliphatic hydroxyl groups excluding tert-OH is 1. The van der Waals surface area contributed by atoms with Crippen LogP contribution >= 0.6 is 0 Å². The van der Waals surface area contributed by atoms with Crippen LogP contribution in [0.25, 0.3) is 0 Å². The van der Waals surface area contributed by atoms with Crippen molar-refractivity contribution in [2.24, 2.45) is 0 Å². The molecule has 0 spiro atoms. The summed E-state index contributed by atoms with van der Waals surface area (Å²) >= 11 is 0. The molecule has 0 aliphatic carbocycles. The SMILES string of the molecule is CC.CCC.CCC.CCC.CCCC.CCCO. The van der Waals surface area contributed by atoms with Crippen molar-refractivity contribution >= 4 is 0 Å². The van der Waals surface area contributed by atoms with E-state index in [9.17, 15) is 0 Å². The van der Waals surface area contributed by atoms with Gasteiger partial charge in [-0.3, -0.25) is 0 Å². The second kappa shape index (κ2) is 107. The van der Waals surface area contributed by atoms with Crippen molar-refractivity contribution in [1.82, 2.24) is 0 Å².